The van der Waals surface area contributed by atoms with Crippen LogP contribution in [0.1, 0.15) is 64.6 Å². The van der Waals surface area contributed by atoms with Gasteiger partial charge in [0.2, 0.25) is 0 Å². The van der Waals surface area contributed by atoms with Gasteiger partial charge in [-0.25, -0.2) is 9.59 Å². The van der Waals surface area contributed by atoms with Crippen LogP contribution in [-0.4, -0.2) is 22.2 Å². The Morgan fingerprint density at radius 1 is 1.16 bits per heavy atom. The largest absolute Gasteiger partial charge is 0.478 e. The first-order valence-electron chi connectivity index (χ1n) is 8.16. The molecular weight excluding hydrogens is 320 g/mol. The van der Waals surface area contributed by atoms with E-state index < -0.39 is 18.0 Å². The lowest BCUT2D eigenvalue weighted by Crippen LogP contribution is -2.26. The molecule has 0 radical (unpaired) electrons. The first-order valence-corrected chi connectivity index (χ1v) is 8.16. The number of ether oxygens (including phenoxy) is 1. The number of carboxylic acid groups (broad SMARTS) is 1. The second-order valence-electron chi connectivity index (χ2n) is 6.93. The summed E-state index contributed by atoms with van der Waals surface area (Å²) in [7, 11) is 0. The zero-order valence-electron chi connectivity index (χ0n) is 14.2. The smallest absolute Gasteiger partial charge is 0.343 e. The maximum absolute atomic E-state index is 12.4. The zero-order chi connectivity index (χ0) is 18.2. The van der Waals surface area contributed by atoms with Gasteiger partial charge in [0.25, 0.3) is 0 Å². The number of carbonyl (C=O) groups is 2. The van der Waals surface area contributed by atoms with Crippen molar-refractivity contribution < 1.29 is 24.5 Å². The van der Waals surface area contributed by atoms with E-state index in [0.717, 1.165) is 17.5 Å². The molecule has 0 saturated heterocycles. The quantitative estimate of drug-likeness (QED) is 0.657. The van der Waals surface area contributed by atoms with Gasteiger partial charge < -0.3 is 14.9 Å². The molecule has 1 aliphatic rings. The van der Waals surface area contributed by atoms with Gasteiger partial charge in [-0.3, -0.25) is 0 Å². The average Bonchev–Trinajstić information content (AvgIpc) is 2.58. The van der Waals surface area contributed by atoms with Crippen LogP contribution in [-0.2, 0) is 5.41 Å². The van der Waals surface area contributed by atoms with Gasteiger partial charge in [0, 0.05) is 0 Å². The number of rotatable bonds is 3. The van der Waals surface area contributed by atoms with Gasteiger partial charge in [-0.05, 0) is 53.6 Å². The molecule has 0 saturated carbocycles. The van der Waals surface area contributed by atoms with Gasteiger partial charge in [0.1, 0.15) is 11.3 Å². The number of fused-ring (bicyclic) bond motifs is 1. The Morgan fingerprint density at radius 3 is 2.60 bits per heavy atom. The summed E-state index contributed by atoms with van der Waals surface area (Å²) < 4.78 is 5.27. The fourth-order valence-corrected chi connectivity index (χ4v) is 3.26. The third-order valence-corrected chi connectivity index (χ3v) is 4.74. The Balaban J connectivity index is 1.92. The third-order valence-electron chi connectivity index (χ3n) is 4.74. The van der Waals surface area contributed by atoms with E-state index in [-0.39, 0.29) is 22.3 Å². The lowest BCUT2D eigenvalue weighted by Gasteiger charge is -2.35. The van der Waals surface area contributed by atoms with Gasteiger partial charge in [-0.1, -0.05) is 32.0 Å². The normalized spacial score (nSPS) is 18.3. The molecule has 0 bridgehead atoms. The van der Waals surface area contributed by atoms with Crippen LogP contribution in [0.15, 0.2) is 42.5 Å². The van der Waals surface area contributed by atoms with Crippen LogP contribution in [0.5, 0.6) is 5.75 Å². The molecule has 1 atom stereocenters. The Bertz CT molecular complexity index is 838. The summed E-state index contributed by atoms with van der Waals surface area (Å²) >= 11 is 0. The molecule has 2 aromatic carbocycles. The Kier molecular flexibility index (Phi) is 4.35. The van der Waals surface area contributed by atoms with Crippen molar-refractivity contribution >= 4 is 11.9 Å². The van der Waals surface area contributed by atoms with Crippen molar-refractivity contribution in [1.29, 1.82) is 0 Å². The molecule has 25 heavy (non-hydrogen) atoms. The van der Waals surface area contributed by atoms with Crippen LogP contribution in [0.2, 0.25) is 0 Å². The highest BCUT2D eigenvalue weighted by atomic mass is 16.5. The van der Waals surface area contributed by atoms with Crippen molar-refractivity contribution in [1.82, 2.24) is 0 Å². The first kappa shape index (κ1) is 17.2. The number of carboxylic acids is 1. The van der Waals surface area contributed by atoms with Gasteiger partial charge >= 0.3 is 11.9 Å². The van der Waals surface area contributed by atoms with E-state index in [2.05, 4.69) is 13.8 Å². The van der Waals surface area contributed by atoms with Crippen LogP contribution >= 0.6 is 0 Å². The molecule has 2 aromatic rings. The summed E-state index contributed by atoms with van der Waals surface area (Å²) in [6.45, 7) is 4.22. The average molecular weight is 340 g/mol. The predicted molar refractivity (Wildman–Crippen MR) is 92.0 cm³/mol. The Hall–Kier alpha value is -2.66. The number of benzene rings is 2. The van der Waals surface area contributed by atoms with Gasteiger partial charge in [-0.15, -0.1) is 0 Å². The minimum atomic E-state index is -1.16. The molecule has 0 heterocycles. The van der Waals surface area contributed by atoms with E-state index in [1.165, 1.54) is 12.1 Å². The fraction of sp³-hybridized carbons (Fsp3) is 0.300. The van der Waals surface area contributed by atoms with Gasteiger partial charge in [0.15, 0.2) is 0 Å². The number of para-hydroxylation sites is 1. The third kappa shape index (κ3) is 3.28. The number of hydrogen-bond acceptors (Lipinski definition) is 4. The van der Waals surface area contributed by atoms with Crippen molar-refractivity contribution in [2.45, 2.75) is 38.2 Å². The zero-order valence-corrected chi connectivity index (χ0v) is 14.2. The molecule has 130 valence electrons. The van der Waals surface area contributed by atoms with E-state index in [9.17, 15) is 19.8 Å². The number of hydrogen-bond donors (Lipinski definition) is 2. The molecule has 0 fully saturated rings. The summed E-state index contributed by atoms with van der Waals surface area (Å²) in [5.74, 6) is -1.81. The number of carbonyl (C=O) groups excluding carboxylic acids is 1. The van der Waals surface area contributed by atoms with E-state index in [4.69, 9.17) is 4.74 Å². The van der Waals surface area contributed by atoms with Gasteiger partial charge in [0.05, 0.1) is 11.7 Å². The van der Waals surface area contributed by atoms with Crippen LogP contribution in [0.3, 0.4) is 0 Å². The van der Waals surface area contributed by atoms with Crippen molar-refractivity contribution in [2.75, 3.05) is 0 Å². The van der Waals surface area contributed by atoms with E-state index in [0.29, 0.717) is 6.42 Å². The highest BCUT2D eigenvalue weighted by Crippen LogP contribution is 2.41. The highest BCUT2D eigenvalue weighted by Gasteiger charge is 2.32. The number of esters is 1. The Morgan fingerprint density at radius 2 is 1.88 bits per heavy atom. The number of aliphatic hydroxyl groups is 1. The van der Waals surface area contributed by atoms with E-state index >= 15 is 0 Å². The minimum Gasteiger partial charge on any atom is -0.478 e. The molecule has 1 unspecified atom stereocenters. The first-order chi connectivity index (χ1) is 11.8. The summed E-state index contributed by atoms with van der Waals surface area (Å²) in [6, 6.07) is 11.1. The molecule has 0 amide bonds. The van der Waals surface area contributed by atoms with Gasteiger partial charge in [-0.2, -0.15) is 0 Å². The lowest BCUT2D eigenvalue weighted by atomic mass is 9.71. The van der Waals surface area contributed by atoms with E-state index in [1.807, 2.05) is 6.07 Å². The molecule has 5 nitrogen and oxygen atoms in total. The fourth-order valence-electron chi connectivity index (χ4n) is 3.26. The Labute approximate surface area is 145 Å². The van der Waals surface area contributed by atoms with Crippen LogP contribution in [0, 0.1) is 0 Å². The van der Waals surface area contributed by atoms with Crippen molar-refractivity contribution in [3.05, 3.63) is 64.7 Å². The molecule has 1 aliphatic carbocycles. The van der Waals surface area contributed by atoms with Crippen molar-refractivity contribution in [3.63, 3.8) is 0 Å². The van der Waals surface area contributed by atoms with Crippen LogP contribution in [0.25, 0.3) is 0 Å². The predicted octanol–water partition coefficient (Wildman–Crippen LogP) is 3.71. The molecule has 5 heteroatoms. The molecule has 0 aliphatic heterocycles. The summed E-state index contributed by atoms with van der Waals surface area (Å²) in [5.41, 5.74) is 1.91. The molecule has 0 aromatic heterocycles. The second kappa shape index (κ2) is 6.33. The van der Waals surface area contributed by atoms with E-state index in [1.54, 1.807) is 24.3 Å². The maximum Gasteiger partial charge on any atom is 0.343 e. The molecular formula is C20H20O5. The minimum absolute atomic E-state index is 0.00130. The summed E-state index contributed by atoms with van der Waals surface area (Å²) in [4.78, 5) is 23.7. The monoisotopic (exact) mass is 340 g/mol. The summed E-state index contributed by atoms with van der Waals surface area (Å²) in [6.07, 6.45) is 0.902. The van der Waals surface area contributed by atoms with Crippen molar-refractivity contribution in [2.24, 2.45) is 0 Å². The molecule has 2 N–H and O–H groups in total. The standard InChI is InChI=1S/C20H20O5/c1-20(2)10-9-16(21)14-11-12(7-8-15(14)20)19(24)25-17-6-4-3-5-13(17)18(22)23/h3-8,11,16,21H,9-10H2,1-2H3,(H,22,23). The summed E-state index contributed by atoms with van der Waals surface area (Å²) in [5, 5.41) is 19.5. The number of aliphatic hydroxyl groups excluding tert-OH is 1. The van der Waals surface area contributed by atoms with Crippen LogP contribution < -0.4 is 4.74 Å². The molecule has 0 spiro atoms. The topological polar surface area (TPSA) is 83.8 Å². The number of aromatic carboxylic acids is 1. The maximum atomic E-state index is 12.4. The molecule has 3 rings (SSSR count). The van der Waals surface area contributed by atoms with Crippen LogP contribution in [0.4, 0.5) is 0 Å². The highest BCUT2D eigenvalue weighted by molar-refractivity contribution is 5.95. The second-order valence-corrected chi connectivity index (χ2v) is 6.93. The lowest BCUT2D eigenvalue weighted by molar-refractivity contribution is 0.0681. The van der Waals surface area contributed by atoms with Crippen molar-refractivity contribution in [3.8, 4) is 5.75 Å². The SMILES string of the molecule is CC1(C)CCC(O)c2cc(C(=O)Oc3ccccc3C(=O)O)ccc21.